The molecule has 146 valence electrons. The number of esters is 1. The Kier molecular flexibility index (Phi) is 6.38. The molecular weight excluding hydrogens is 380 g/mol. The maximum Gasteiger partial charge on any atom is 0.358 e. The van der Waals surface area contributed by atoms with Gasteiger partial charge in [-0.1, -0.05) is 12.1 Å². The standard InChI is InChI=1S/C19H20N4O4S/c1-2-8-20-19-23-15(11-28-19)18(26)27-10-16(24)21-14-5-3-4-12(9-14)17(25)22-13-6-7-13/h2-5,9,11,13H,1,6-8,10H2,(H,20,23)(H,21,24)(H,22,25). The number of carbonyl (C=O) groups is 3. The molecule has 8 nitrogen and oxygen atoms in total. The lowest BCUT2D eigenvalue weighted by atomic mass is 10.2. The number of rotatable bonds is 9. The highest BCUT2D eigenvalue weighted by Gasteiger charge is 2.23. The summed E-state index contributed by atoms with van der Waals surface area (Å²) in [6.45, 7) is 3.66. The number of nitrogens with one attached hydrogen (secondary N) is 3. The molecule has 1 aromatic heterocycles. The van der Waals surface area contributed by atoms with Gasteiger partial charge in [0.05, 0.1) is 0 Å². The van der Waals surface area contributed by atoms with Gasteiger partial charge in [0.2, 0.25) is 0 Å². The predicted octanol–water partition coefficient (Wildman–Crippen LogP) is 2.43. The van der Waals surface area contributed by atoms with Crippen LogP contribution in [0.5, 0.6) is 0 Å². The summed E-state index contributed by atoms with van der Waals surface area (Å²) in [5, 5.41) is 10.6. The fourth-order valence-electron chi connectivity index (χ4n) is 2.24. The van der Waals surface area contributed by atoms with Crippen molar-refractivity contribution in [2.45, 2.75) is 18.9 Å². The number of ether oxygens (including phenoxy) is 1. The average molecular weight is 400 g/mol. The summed E-state index contributed by atoms with van der Waals surface area (Å²) in [5.74, 6) is -1.36. The lowest BCUT2D eigenvalue weighted by Gasteiger charge is -2.08. The molecule has 0 unspecified atom stereocenters. The summed E-state index contributed by atoms with van der Waals surface area (Å²) in [7, 11) is 0. The maximum atomic E-state index is 12.1. The Morgan fingerprint density at radius 2 is 2.14 bits per heavy atom. The first-order valence-electron chi connectivity index (χ1n) is 8.73. The third kappa shape index (κ3) is 5.65. The molecule has 1 aromatic carbocycles. The first kappa shape index (κ1) is 19.6. The minimum absolute atomic E-state index is 0.128. The van der Waals surface area contributed by atoms with Gasteiger partial charge in [0.25, 0.3) is 11.8 Å². The minimum Gasteiger partial charge on any atom is -0.451 e. The Balaban J connectivity index is 1.48. The van der Waals surface area contributed by atoms with Crippen LogP contribution >= 0.6 is 11.3 Å². The summed E-state index contributed by atoms with van der Waals surface area (Å²) in [4.78, 5) is 40.2. The topological polar surface area (TPSA) is 109 Å². The molecule has 0 saturated heterocycles. The molecule has 0 aliphatic heterocycles. The summed E-state index contributed by atoms with van der Waals surface area (Å²) < 4.78 is 4.98. The second-order valence-corrected chi connectivity index (χ2v) is 7.02. The summed E-state index contributed by atoms with van der Waals surface area (Å²) in [6, 6.07) is 6.84. The van der Waals surface area contributed by atoms with Gasteiger partial charge in [0.1, 0.15) is 0 Å². The van der Waals surface area contributed by atoms with Gasteiger partial charge >= 0.3 is 5.97 Å². The Morgan fingerprint density at radius 3 is 2.89 bits per heavy atom. The number of nitrogens with zero attached hydrogens (tertiary/aromatic N) is 1. The van der Waals surface area contributed by atoms with Gasteiger partial charge < -0.3 is 20.7 Å². The fraction of sp³-hybridized carbons (Fsp3) is 0.263. The number of aromatic nitrogens is 1. The Bertz CT molecular complexity index is 892. The van der Waals surface area contributed by atoms with Crippen LogP contribution in [0.4, 0.5) is 10.8 Å². The van der Waals surface area contributed by atoms with Crippen molar-refractivity contribution in [3.05, 3.63) is 53.6 Å². The molecule has 1 fully saturated rings. The summed E-state index contributed by atoms with van der Waals surface area (Å²) in [5.41, 5.74) is 1.04. The molecule has 28 heavy (non-hydrogen) atoms. The van der Waals surface area contributed by atoms with Crippen LogP contribution < -0.4 is 16.0 Å². The van der Waals surface area contributed by atoms with Crippen molar-refractivity contribution in [1.82, 2.24) is 10.3 Å². The van der Waals surface area contributed by atoms with Crippen LogP contribution in [0.3, 0.4) is 0 Å². The molecule has 0 atom stereocenters. The van der Waals surface area contributed by atoms with Gasteiger partial charge in [0.15, 0.2) is 17.4 Å². The van der Waals surface area contributed by atoms with E-state index >= 15 is 0 Å². The van der Waals surface area contributed by atoms with Crippen LogP contribution in [0.25, 0.3) is 0 Å². The van der Waals surface area contributed by atoms with Crippen molar-refractivity contribution in [2.75, 3.05) is 23.8 Å². The first-order chi connectivity index (χ1) is 13.5. The Labute approximate surface area is 166 Å². The van der Waals surface area contributed by atoms with Gasteiger partial charge in [-0.15, -0.1) is 17.9 Å². The van der Waals surface area contributed by atoms with E-state index in [0.29, 0.717) is 22.9 Å². The summed E-state index contributed by atoms with van der Waals surface area (Å²) in [6.07, 6.45) is 3.67. The Hall–Kier alpha value is -3.20. The minimum atomic E-state index is -0.685. The largest absolute Gasteiger partial charge is 0.451 e. The molecule has 9 heteroatoms. The highest BCUT2D eigenvalue weighted by Crippen LogP contribution is 2.20. The second kappa shape index (κ2) is 9.14. The lowest BCUT2D eigenvalue weighted by molar-refractivity contribution is -0.119. The number of thiazole rings is 1. The van der Waals surface area contributed by atoms with Crippen LogP contribution in [0.1, 0.15) is 33.7 Å². The van der Waals surface area contributed by atoms with E-state index in [9.17, 15) is 14.4 Å². The van der Waals surface area contributed by atoms with E-state index in [1.165, 1.54) is 11.3 Å². The number of hydrogen-bond acceptors (Lipinski definition) is 7. The van der Waals surface area contributed by atoms with Crippen molar-refractivity contribution in [3.8, 4) is 0 Å². The van der Waals surface area contributed by atoms with E-state index in [1.807, 2.05) is 0 Å². The van der Waals surface area contributed by atoms with Crippen LogP contribution in [0.2, 0.25) is 0 Å². The van der Waals surface area contributed by atoms with E-state index in [-0.39, 0.29) is 17.6 Å². The zero-order chi connectivity index (χ0) is 19.9. The molecule has 1 aliphatic carbocycles. The van der Waals surface area contributed by atoms with Gasteiger partial charge in [-0.25, -0.2) is 9.78 Å². The predicted molar refractivity (Wildman–Crippen MR) is 107 cm³/mol. The monoisotopic (exact) mass is 400 g/mol. The van der Waals surface area contributed by atoms with Gasteiger partial charge in [-0.3, -0.25) is 9.59 Å². The van der Waals surface area contributed by atoms with Crippen molar-refractivity contribution < 1.29 is 19.1 Å². The molecular formula is C19H20N4O4S. The number of benzene rings is 1. The fourth-order valence-corrected chi connectivity index (χ4v) is 2.93. The highest BCUT2D eigenvalue weighted by atomic mass is 32.1. The Morgan fingerprint density at radius 1 is 1.32 bits per heavy atom. The van der Waals surface area contributed by atoms with Crippen LogP contribution in [0, 0.1) is 0 Å². The third-order valence-electron chi connectivity index (χ3n) is 3.77. The van der Waals surface area contributed by atoms with E-state index in [2.05, 4.69) is 27.5 Å². The van der Waals surface area contributed by atoms with E-state index in [0.717, 1.165) is 12.8 Å². The zero-order valence-electron chi connectivity index (χ0n) is 15.1. The summed E-state index contributed by atoms with van der Waals surface area (Å²) >= 11 is 1.26. The number of amides is 2. The third-order valence-corrected chi connectivity index (χ3v) is 4.57. The number of carbonyl (C=O) groups excluding carboxylic acids is 3. The SMILES string of the molecule is C=CCNc1nc(C(=O)OCC(=O)Nc2cccc(C(=O)NC3CC3)c2)cs1. The smallest absolute Gasteiger partial charge is 0.358 e. The maximum absolute atomic E-state index is 12.1. The molecule has 2 aromatic rings. The van der Waals surface area contributed by atoms with Gasteiger partial charge in [-0.05, 0) is 31.0 Å². The van der Waals surface area contributed by atoms with Crippen LogP contribution in [-0.4, -0.2) is 42.0 Å². The molecule has 0 bridgehead atoms. The lowest BCUT2D eigenvalue weighted by Crippen LogP contribution is -2.25. The number of anilines is 2. The molecule has 1 heterocycles. The molecule has 0 radical (unpaired) electrons. The zero-order valence-corrected chi connectivity index (χ0v) is 15.9. The second-order valence-electron chi connectivity index (χ2n) is 6.16. The molecule has 3 N–H and O–H groups in total. The van der Waals surface area contributed by atoms with E-state index in [4.69, 9.17) is 4.74 Å². The number of hydrogen-bond donors (Lipinski definition) is 3. The molecule has 2 amide bonds. The molecule has 1 saturated carbocycles. The van der Waals surface area contributed by atoms with Crippen LogP contribution in [0.15, 0.2) is 42.3 Å². The molecule has 3 rings (SSSR count). The van der Waals surface area contributed by atoms with Crippen molar-refractivity contribution in [1.29, 1.82) is 0 Å². The highest BCUT2D eigenvalue weighted by molar-refractivity contribution is 7.13. The van der Waals surface area contributed by atoms with Crippen molar-refractivity contribution in [3.63, 3.8) is 0 Å². The van der Waals surface area contributed by atoms with E-state index < -0.39 is 18.5 Å². The van der Waals surface area contributed by atoms with Gasteiger partial charge in [-0.2, -0.15) is 0 Å². The van der Waals surface area contributed by atoms with E-state index in [1.54, 1.807) is 35.7 Å². The van der Waals surface area contributed by atoms with Gasteiger partial charge in [0, 0.05) is 29.2 Å². The molecule has 1 aliphatic rings. The quantitative estimate of drug-likeness (QED) is 0.441. The average Bonchev–Trinajstić information content (AvgIpc) is 3.38. The van der Waals surface area contributed by atoms with Crippen LogP contribution in [-0.2, 0) is 9.53 Å². The normalized spacial score (nSPS) is 12.7. The first-order valence-corrected chi connectivity index (χ1v) is 9.61. The van der Waals surface area contributed by atoms with Crippen molar-refractivity contribution in [2.24, 2.45) is 0 Å². The van der Waals surface area contributed by atoms with Crippen molar-refractivity contribution >= 4 is 39.9 Å². The molecule has 0 spiro atoms.